The van der Waals surface area contributed by atoms with Crippen molar-refractivity contribution in [3.8, 4) is 0 Å². The molecule has 0 bridgehead atoms. The van der Waals surface area contributed by atoms with E-state index in [2.05, 4.69) is 15.1 Å². The Morgan fingerprint density at radius 2 is 2.32 bits per heavy atom. The Bertz CT molecular complexity index is 661. The maximum atomic E-state index is 12.7. The highest BCUT2D eigenvalue weighted by Gasteiger charge is 2.35. The second-order valence-corrected chi connectivity index (χ2v) is 5.78. The van der Waals surface area contributed by atoms with Gasteiger partial charge < -0.3 is 13.8 Å². The minimum atomic E-state index is -0.148. The summed E-state index contributed by atoms with van der Waals surface area (Å²) < 4.78 is 10.5. The molecule has 7 heteroatoms. The van der Waals surface area contributed by atoms with Gasteiger partial charge in [-0.25, -0.2) is 4.98 Å². The van der Waals surface area contributed by atoms with Crippen molar-refractivity contribution in [2.24, 2.45) is 0 Å². The summed E-state index contributed by atoms with van der Waals surface area (Å²) in [6, 6.07) is -0.148. The second kappa shape index (κ2) is 5.90. The molecule has 1 aliphatic rings. The molecule has 1 fully saturated rings. The van der Waals surface area contributed by atoms with Gasteiger partial charge in [-0.2, -0.15) is 4.98 Å². The molecule has 118 valence electrons. The number of aromatic nitrogens is 3. The molecule has 1 aliphatic heterocycles. The smallest absolute Gasteiger partial charge is 0.276 e. The van der Waals surface area contributed by atoms with Crippen LogP contribution in [0.4, 0.5) is 0 Å². The van der Waals surface area contributed by atoms with Crippen LogP contribution in [0.5, 0.6) is 0 Å². The van der Waals surface area contributed by atoms with E-state index in [0.29, 0.717) is 36.1 Å². The zero-order valence-corrected chi connectivity index (χ0v) is 13.1. The van der Waals surface area contributed by atoms with Crippen LogP contribution in [0.3, 0.4) is 0 Å². The summed E-state index contributed by atoms with van der Waals surface area (Å²) in [5.41, 5.74) is 0.391. The van der Waals surface area contributed by atoms with Crippen molar-refractivity contribution in [2.45, 2.75) is 52.0 Å². The molecule has 0 aliphatic carbocycles. The highest BCUT2D eigenvalue weighted by Crippen LogP contribution is 2.32. The minimum Gasteiger partial charge on any atom is -0.448 e. The van der Waals surface area contributed by atoms with Crippen LogP contribution in [-0.2, 0) is 6.42 Å². The zero-order chi connectivity index (χ0) is 15.7. The Hall–Kier alpha value is -2.18. The SMILES string of the molecule is CCc1ocnc1C(=O)N1CCC[C@@H]1c1noc(C(C)C)n1. The third-order valence-corrected chi connectivity index (χ3v) is 3.93. The number of aryl methyl sites for hydroxylation is 1. The molecule has 0 unspecified atom stereocenters. The van der Waals surface area contributed by atoms with Gasteiger partial charge in [0.1, 0.15) is 5.76 Å². The maximum Gasteiger partial charge on any atom is 0.276 e. The number of amides is 1. The minimum absolute atomic E-state index is 0.121. The lowest BCUT2D eigenvalue weighted by Crippen LogP contribution is -2.32. The van der Waals surface area contributed by atoms with E-state index in [4.69, 9.17) is 8.94 Å². The average molecular weight is 304 g/mol. The molecule has 0 saturated carbocycles. The lowest BCUT2D eigenvalue weighted by molar-refractivity contribution is 0.0720. The van der Waals surface area contributed by atoms with Gasteiger partial charge in [0.25, 0.3) is 5.91 Å². The van der Waals surface area contributed by atoms with Crippen molar-refractivity contribution in [2.75, 3.05) is 6.54 Å². The normalized spacial score (nSPS) is 18.4. The molecule has 22 heavy (non-hydrogen) atoms. The summed E-state index contributed by atoms with van der Waals surface area (Å²) in [6.45, 7) is 6.60. The molecule has 0 N–H and O–H groups in total. The van der Waals surface area contributed by atoms with Crippen LogP contribution in [0.1, 0.15) is 73.5 Å². The van der Waals surface area contributed by atoms with E-state index in [1.165, 1.54) is 6.39 Å². The molecule has 1 amide bonds. The Morgan fingerprint density at radius 3 is 3.00 bits per heavy atom. The topological polar surface area (TPSA) is 85.3 Å². The number of hydrogen-bond donors (Lipinski definition) is 0. The Morgan fingerprint density at radius 1 is 1.50 bits per heavy atom. The number of carbonyl (C=O) groups excluding carboxylic acids is 1. The lowest BCUT2D eigenvalue weighted by Gasteiger charge is -2.21. The molecule has 0 spiro atoms. The maximum absolute atomic E-state index is 12.7. The standard InChI is InChI=1S/C15H20N4O3/c1-4-11-12(16-8-21-11)15(20)19-7-5-6-10(19)13-17-14(9(2)3)22-18-13/h8-10H,4-7H2,1-3H3/t10-/m1/s1. The Labute approximate surface area is 128 Å². The molecule has 3 rings (SSSR count). The van der Waals surface area contributed by atoms with E-state index in [9.17, 15) is 4.79 Å². The fraction of sp³-hybridized carbons (Fsp3) is 0.600. The van der Waals surface area contributed by atoms with Crippen LogP contribution in [0, 0.1) is 0 Å². The summed E-state index contributed by atoms with van der Waals surface area (Å²) in [5, 5.41) is 4.05. The molecule has 0 radical (unpaired) electrons. The first-order valence-electron chi connectivity index (χ1n) is 7.68. The molecule has 3 heterocycles. The van der Waals surface area contributed by atoms with Crippen molar-refractivity contribution < 1.29 is 13.7 Å². The summed E-state index contributed by atoms with van der Waals surface area (Å²) in [4.78, 5) is 23.0. The predicted molar refractivity (Wildman–Crippen MR) is 77.3 cm³/mol. The molecular formula is C15H20N4O3. The monoisotopic (exact) mass is 304 g/mol. The first-order valence-corrected chi connectivity index (χ1v) is 7.68. The van der Waals surface area contributed by atoms with Crippen LogP contribution in [-0.4, -0.2) is 32.5 Å². The molecule has 1 atom stereocenters. The third kappa shape index (κ3) is 2.51. The lowest BCUT2D eigenvalue weighted by atomic mass is 10.2. The highest BCUT2D eigenvalue weighted by molar-refractivity contribution is 5.93. The number of carbonyl (C=O) groups is 1. The first-order chi connectivity index (χ1) is 10.6. The Balaban J connectivity index is 1.85. The predicted octanol–water partition coefficient (Wildman–Crippen LogP) is 2.72. The molecule has 2 aromatic heterocycles. The van der Waals surface area contributed by atoms with Crippen molar-refractivity contribution in [3.63, 3.8) is 0 Å². The molecule has 0 aromatic carbocycles. The summed E-state index contributed by atoms with van der Waals surface area (Å²) in [6.07, 6.45) is 3.71. The van der Waals surface area contributed by atoms with Crippen molar-refractivity contribution in [1.82, 2.24) is 20.0 Å². The van der Waals surface area contributed by atoms with E-state index in [-0.39, 0.29) is 17.9 Å². The number of rotatable bonds is 4. The summed E-state index contributed by atoms with van der Waals surface area (Å²) in [5.74, 6) is 1.85. The van der Waals surface area contributed by atoms with Crippen LogP contribution in [0.25, 0.3) is 0 Å². The first kappa shape index (κ1) is 14.7. The van der Waals surface area contributed by atoms with Crippen molar-refractivity contribution in [1.29, 1.82) is 0 Å². The summed E-state index contributed by atoms with van der Waals surface area (Å²) >= 11 is 0. The fourth-order valence-corrected chi connectivity index (χ4v) is 2.73. The van der Waals surface area contributed by atoms with Gasteiger partial charge in [0.2, 0.25) is 5.89 Å². The second-order valence-electron chi connectivity index (χ2n) is 5.78. The van der Waals surface area contributed by atoms with Crippen LogP contribution in [0.2, 0.25) is 0 Å². The average Bonchev–Trinajstić information content (AvgIpc) is 3.23. The van der Waals surface area contributed by atoms with E-state index < -0.39 is 0 Å². The number of hydrogen-bond acceptors (Lipinski definition) is 6. The summed E-state index contributed by atoms with van der Waals surface area (Å²) in [7, 11) is 0. The van der Waals surface area contributed by atoms with Crippen molar-refractivity contribution in [3.05, 3.63) is 29.6 Å². The molecule has 7 nitrogen and oxygen atoms in total. The fourth-order valence-electron chi connectivity index (χ4n) is 2.73. The van der Waals surface area contributed by atoms with Crippen LogP contribution >= 0.6 is 0 Å². The van der Waals surface area contributed by atoms with Gasteiger partial charge in [-0.3, -0.25) is 4.79 Å². The molecular weight excluding hydrogens is 284 g/mol. The quantitative estimate of drug-likeness (QED) is 0.863. The zero-order valence-electron chi connectivity index (χ0n) is 13.1. The van der Waals surface area contributed by atoms with Gasteiger partial charge in [-0.05, 0) is 12.8 Å². The van der Waals surface area contributed by atoms with Gasteiger partial charge in [-0.1, -0.05) is 25.9 Å². The van der Waals surface area contributed by atoms with Gasteiger partial charge in [0.15, 0.2) is 17.9 Å². The third-order valence-electron chi connectivity index (χ3n) is 3.93. The van der Waals surface area contributed by atoms with Gasteiger partial charge in [-0.15, -0.1) is 0 Å². The largest absolute Gasteiger partial charge is 0.448 e. The van der Waals surface area contributed by atoms with E-state index in [1.54, 1.807) is 4.90 Å². The van der Waals surface area contributed by atoms with Gasteiger partial charge >= 0.3 is 0 Å². The van der Waals surface area contributed by atoms with Crippen LogP contribution < -0.4 is 0 Å². The van der Waals surface area contributed by atoms with Crippen molar-refractivity contribution >= 4 is 5.91 Å². The Kier molecular flexibility index (Phi) is 3.96. The molecule has 2 aromatic rings. The van der Waals surface area contributed by atoms with E-state index in [0.717, 1.165) is 12.8 Å². The van der Waals surface area contributed by atoms with Crippen LogP contribution in [0.15, 0.2) is 15.3 Å². The molecule has 1 saturated heterocycles. The van der Waals surface area contributed by atoms with E-state index in [1.807, 2.05) is 20.8 Å². The van der Waals surface area contributed by atoms with E-state index >= 15 is 0 Å². The van der Waals surface area contributed by atoms with Gasteiger partial charge in [0.05, 0.1) is 6.04 Å². The highest BCUT2D eigenvalue weighted by atomic mass is 16.5. The number of oxazole rings is 1. The van der Waals surface area contributed by atoms with Gasteiger partial charge in [0, 0.05) is 18.9 Å². The number of likely N-dealkylation sites (tertiary alicyclic amines) is 1. The number of nitrogens with zero attached hydrogens (tertiary/aromatic N) is 4.